The number of benzene rings is 1. The maximum Gasteiger partial charge on any atom is 0.0466 e. The first-order valence-corrected chi connectivity index (χ1v) is 7.09. The van der Waals surface area contributed by atoms with Crippen LogP contribution in [0.5, 0.6) is 0 Å². The van der Waals surface area contributed by atoms with Crippen LogP contribution in [0.3, 0.4) is 0 Å². The molecule has 1 aromatic carbocycles. The molecule has 0 fully saturated rings. The predicted octanol–water partition coefficient (Wildman–Crippen LogP) is 3.59. The number of fused-ring (bicyclic) bond motifs is 1. The van der Waals surface area contributed by atoms with Crippen molar-refractivity contribution in [2.75, 3.05) is 0 Å². The zero-order valence-electron chi connectivity index (χ0n) is 11.1. The van der Waals surface area contributed by atoms with E-state index in [4.69, 9.17) is 5.73 Å². The first-order chi connectivity index (χ1) is 9.34. The average Bonchev–Trinajstić information content (AvgIpc) is 2.89. The highest BCUT2D eigenvalue weighted by molar-refractivity contribution is 5.28. The summed E-state index contributed by atoms with van der Waals surface area (Å²) in [5, 5.41) is 0. The number of pyridine rings is 1. The largest absolute Gasteiger partial charge is 0.324 e. The molecule has 2 aromatic rings. The normalized spacial score (nSPS) is 19.1. The molecule has 1 aliphatic rings. The maximum absolute atomic E-state index is 6.27. The van der Waals surface area contributed by atoms with Crippen molar-refractivity contribution < 1.29 is 0 Å². The highest BCUT2D eigenvalue weighted by Crippen LogP contribution is 2.35. The molecule has 0 aliphatic heterocycles. The molecule has 2 unspecified atom stereocenters. The van der Waals surface area contributed by atoms with E-state index in [2.05, 4.69) is 35.3 Å². The smallest absolute Gasteiger partial charge is 0.0466 e. The molecule has 1 heterocycles. The van der Waals surface area contributed by atoms with Crippen molar-refractivity contribution in [2.45, 2.75) is 37.6 Å². The van der Waals surface area contributed by atoms with Crippen LogP contribution in [-0.2, 0) is 6.42 Å². The Bertz CT molecular complexity index is 536. The number of hydrogen-bond acceptors (Lipinski definition) is 2. The molecule has 98 valence electrons. The Morgan fingerprint density at radius 3 is 2.84 bits per heavy atom. The second-order valence-corrected chi connectivity index (χ2v) is 5.38. The van der Waals surface area contributed by atoms with E-state index in [0.717, 1.165) is 12.8 Å². The minimum atomic E-state index is 0.147. The molecule has 19 heavy (non-hydrogen) atoms. The van der Waals surface area contributed by atoms with Crippen LogP contribution in [0.1, 0.15) is 48.0 Å². The average molecular weight is 252 g/mol. The lowest BCUT2D eigenvalue weighted by atomic mass is 9.94. The summed E-state index contributed by atoms with van der Waals surface area (Å²) in [5.74, 6) is 0.603. The van der Waals surface area contributed by atoms with Crippen LogP contribution in [0, 0.1) is 0 Å². The highest BCUT2D eigenvalue weighted by Gasteiger charge is 2.23. The molecule has 0 spiro atoms. The first kappa shape index (κ1) is 12.4. The maximum atomic E-state index is 6.27. The monoisotopic (exact) mass is 252 g/mol. The third-order valence-corrected chi connectivity index (χ3v) is 4.13. The zero-order valence-corrected chi connectivity index (χ0v) is 11.1. The SMILES string of the molecule is NC(CCC1CCc2cccnc21)c1ccccc1. The number of hydrogen-bond donors (Lipinski definition) is 1. The number of nitrogens with zero attached hydrogens (tertiary/aromatic N) is 1. The van der Waals surface area contributed by atoms with Gasteiger partial charge in [0.15, 0.2) is 0 Å². The summed E-state index contributed by atoms with van der Waals surface area (Å²) < 4.78 is 0. The minimum absolute atomic E-state index is 0.147. The Kier molecular flexibility index (Phi) is 3.60. The Labute approximate surface area is 114 Å². The van der Waals surface area contributed by atoms with E-state index in [1.807, 2.05) is 18.3 Å². The summed E-state index contributed by atoms with van der Waals surface area (Å²) in [6.45, 7) is 0. The van der Waals surface area contributed by atoms with Crippen molar-refractivity contribution in [3.63, 3.8) is 0 Å². The van der Waals surface area contributed by atoms with E-state index in [9.17, 15) is 0 Å². The van der Waals surface area contributed by atoms with Gasteiger partial charge in [-0.15, -0.1) is 0 Å². The summed E-state index contributed by atoms with van der Waals surface area (Å²) in [7, 11) is 0. The van der Waals surface area contributed by atoms with Gasteiger partial charge in [0.1, 0.15) is 0 Å². The summed E-state index contributed by atoms with van der Waals surface area (Å²) in [5.41, 5.74) is 10.2. The van der Waals surface area contributed by atoms with Gasteiger partial charge in [-0.2, -0.15) is 0 Å². The van der Waals surface area contributed by atoms with Gasteiger partial charge in [-0.25, -0.2) is 0 Å². The summed E-state index contributed by atoms with van der Waals surface area (Å²) in [4.78, 5) is 4.55. The molecule has 0 bridgehead atoms. The number of rotatable bonds is 4. The van der Waals surface area contributed by atoms with Gasteiger partial charge in [0, 0.05) is 23.9 Å². The van der Waals surface area contributed by atoms with E-state index in [1.54, 1.807) is 0 Å². The van der Waals surface area contributed by atoms with Crippen LogP contribution < -0.4 is 5.73 Å². The van der Waals surface area contributed by atoms with Crippen molar-refractivity contribution >= 4 is 0 Å². The van der Waals surface area contributed by atoms with E-state index in [-0.39, 0.29) is 6.04 Å². The fourth-order valence-electron chi connectivity index (χ4n) is 3.02. The molecular formula is C17H20N2. The molecule has 2 heteroatoms. The van der Waals surface area contributed by atoms with Gasteiger partial charge in [-0.05, 0) is 42.9 Å². The molecule has 0 saturated heterocycles. The van der Waals surface area contributed by atoms with E-state index < -0.39 is 0 Å². The molecule has 3 rings (SSSR count). The highest BCUT2D eigenvalue weighted by atomic mass is 14.7. The topological polar surface area (TPSA) is 38.9 Å². The first-order valence-electron chi connectivity index (χ1n) is 7.09. The van der Waals surface area contributed by atoms with Gasteiger partial charge in [-0.3, -0.25) is 4.98 Å². The third kappa shape index (κ3) is 2.69. The van der Waals surface area contributed by atoms with Gasteiger partial charge in [0.2, 0.25) is 0 Å². The van der Waals surface area contributed by atoms with E-state index in [1.165, 1.54) is 29.7 Å². The van der Waals surface area contributed by atoms with Crippen LogP contribution in [0.25, 0.3) is 0 Å². The predicted molar refractivity (Wildman–Crippen MR) is 77.9 cm³/mol. The molecule has 2 atom stereocenters. The van der Waals surface area contributed by atoms with Crippen LogP contribution in [0.2, 0.25) is 0 Å². The van der Waals surface area contributed by atoms with Gasteiger partial charge in [-0.1, -0.05) is 36.4 Å². The lowest BCUT2D eigenvalue weighted by Gasteiger charge is -2.15. The summed E-state index contributed by atoms with van der Waals surface area (Å²) in [6.07, 6.45) is 6.49. The fourth-order valence-corrected chi connectivity index (χ4v) is 3.02. The van der Waals surface area contributed by atoms with Crippen molar-refractivity contribution in [1.29, 1.82) is 0 Å². The minimum Gasteiger partial charge on any atom is -0.324 e. The Morgan fingerprint density at radius 2 is 2.00 bits per heavy atom. The molecule has 1 aliphatic carbocycles. The van der Waals surface area contributed by atoms with Crippen LogP contribution >= 0.6 is 0 Å². The molecule has 0 amide bonds. The lowest BCUT2D eigenvalue weighted by molar-refractivity contribution is 0.526. The van der Waals surface area contributed by atoms with Crippen molar-refractivity contribution in [3.8, 4) is 0 Å². The standard InChI is InChI=1S/C17H20N2/c18-16(13-5-2-1-3-6-13)11-10-15-9-8-14-7-4-12-19-17(14)15/h1-7,12,15-16H,8-11,18H2. The van der Waals surface area contributed by atoms with E-state index in [0.29, 0.717) is 5.92 Å². The number of aromatic nitrogens is 1. The molecule has 2 nitrogen and oxygen atoms in total. The zero-order chi connectivity index (χ0) is 13.1. The molecule has 1 aromatic heterocycles. The van der Waals surface area contributed by atoms with E-state index >= 15 is 0 Å². The third-order valence-electron chi connectivity index (χ3n) is 4.13. The second-order valence-electron chi connectivity index (χ2n) is 5.38. The Hall–Kier alpha value is -1.67. The van der Waals surface area contributed by atoms with Gasteiger partial charge >= 0.3 is 0 Å². The lowest BCUT2D eigenvalue weighted by Crippen LogP contribution is -2.11. The van der Waals surface area contributed by atoms with Crippen molar-refractivity contribution in [3.05, 3.63) is 65.5 Å². The van der Waals surface area contributed by atoms with Gasteiger partial charge < -0.3 is 5.73 Å². The summed E-state index contributed by atoms with van der Waals surface area (Å²) >= 11 is 0. The quantitative estimate of drug-likeness (QED) is 0.903. The Morgan fingerprint density at radius 1 is 1.16 bits per heavy atom. The van der Waals surface area contributed by atoms with Gasteiger partial charge in [0.05, 0.1) is 0 Å². The van der Waals surface area contributed by atoms with Crippen LogP contribution in [0.15, 0.2) is 48.7 Å². The van der Waals surface area contributed by atoms with Gasteiger partial charge in [0.25, 0.3) is 0 Å². The molecule has 0 saturated carbocycles. The summed E-state index contributed by atoms with van der Waals surface area (Å²) in [6, 6.07) is 14.8. The van der Waals surface area contributed by atoms with Crippen molar-refractivity contribution in [1.82, 2.24) is 4.98 Å². The molecule has 2 N–H and O–H groups in total. The number of nitrogens with two attached hydrogens (primary N) is 1. The second kappa shape index (κ2) is 5.54. The van der Waals surface area contributed by atoms with Crippen LogP contribution in [-0.4, -0.2) is 4.98 Å². The fraction of sp³-hybridized carbons (Fsp3) is 0.353. The number of aryl methyl sites for hydroxylation is 1. The molecule has 0 radical (unpaired) electrons. The molecular weight excluding hydrogens is 232 g/mol. The van der Waals surface area contributed by atoms with Crippen molar-refractivity contribution in [2.24, 2.45) is 5.73 Å². The Balaban J connectivity index is 1.62. The van der Waals surface area contributed by atoms with Crippen LogP contribution in [0.4, 0.5) is 0 Å².